The predicted molar refractivity (Wildman–Crippen MR) is 87.3 cm³/mol. The molecule has 0 aliphatic heterocycles. The van der Waals surface area contributed by atoms with Crippen molar-refractivity contribution in [2.75, 3.05) is 5.73 Å². The van der Waals surface area contributed by atoms with Crippen molar-refractivity contribution < 1.29 is 4.74 Å². The van der Waals surface area contributed by atoms with E-state index in [2.05, 4.69) is 28.1 Å². The molecule has 0 aliphatic carbocycles. The lowest BCUT2D eigenvalue weighted by molar-refractivity contribution is 0.482. The second-order valence-electron chi connectivity index (χ2n) is 4.74. The first-order chi connectivity index (χ1) is 9.65. The molecule has 3 heteroatoms. The molecule has 0 heterocycles. The second-order valence-corrected chi connectivity index (χ2v) is 5.54. The number of aryl methyl sites for hydroxylation is 1. The molecule has 0 aromatic heterocycles. The molecule has 0 fully saturated rings. The second kappa shape index (κ2) is 5.17. The largest absolute Gasteiger partial charge is 0.454 e. The van der Waals surface area contributed by atoms with Crippen molar-refractivity contribution in [2.45, 2.75) is 6.92 Å². The lowest BCUT2D eigenvalue weighted by atomic mass is 10.1. The molecule has 0 amide bonds. The van der Waals surface area contributed by atoms with Crippen LogP contribution >= 0.6 is 15.9 Å². The van der Waals surface area contributed by atoms with Crippen LogP contribution in [0.25, 0.3) is 10.8 Å². The topological polar surface area (TPSA) is 35.2 Å². The minimum Gasteiger partial charge on any atom is -0.454 e. The summed E-state index contributed by atoms with van der Waals surface area (Å²) in [7, 11) is 0. The Hall–Kier alpha value is -2.00. The third kappa shape index (κ3) is 2.37. The fraction of sp³-hybridized carbons (Fsp3) is 0.0588. The van der Waals surface area contributed by atoms with Gasteiger partial charge in [-0.15, -0.1) is 0 Å². The van der Waals surface area contributed by atoms with Gasteiger partial charge in [0.05, 0.1) is 10.2 Å². The number of nitrogens with two attached hydrogens (primary N) is 1. The summed E-state index contributed by atoms with van der Waals surface area (Å²) in [6.07, 6.45) is 0. The average molecular weight is 328 g/mol. The molecule has 3 aromatic carbocycles. The van der Waals surface area contributed by atoms with Crippen molar-refractivity contribution in [3.05, 3.63) is 64.6 Å². The number of halogens is 1. The van der Waals surface area contributed by atoms with E-state index in [1.54, 1.807) is 0 Å². The van der Waals surface area contributed by atoms with E-state index in [1.165, 1.54) is 5.39 Å². The van der Waals surface area contributed by atoms with E-state index in [9.17, 15) is 0 Å². The quantitative estimate of drug-likeness (QED) is 0.649. The first-order valence-electron chi connectivity index (χ1n) is 6.36. The van der Waals surface area contributed by atoms with Crippen molar-refractivity contribution in [2.24, 2.45) is 0 Å². The van der Waals surface area contributed by atoms with Gasteiger partial charge in [0.2, 0.25) is 0 Å². The number of anilines is 1. The average Bonchev–Trinajstić information content (AvgIpc) is 2.46. The summed E-state index contributed by atoms with van der Waals surface area (Å²) in [6.45, 7) is 2.02. The zero-order valence-electron chi connectivity index (χ0n) is 11.1. The molecule has 0 saturated carbocycles. The van der Waals surface area contributed by atoms with Gasteiger partial charge >= 0.3 is 0 Å². The standard InChI is InChI=1S/C17H14BrNO/c1-11-6-8-14(19)16(10-11)20-15-9-7-12-4-2-3-5-13(12)17(15)18/h2-10H,19H2,1H3. The lowest BCUT2D eigenvalue weighted by Gasteiger charge is -2.12. The molecule has 0 aliphatic rings. The molecule has 0 atom stereocenters. The molecule has 0 radical (unpaired) electrons. The predicted octanol–water partition coefficient (Wildman–Crippen LogP) is 5.29. The van der Waals surface area contributed by atoms with E-state index in [1.807, 2.05) is 49.4 Å². The number of benzene rings is 3. The van der Waals surface area contributed by atoms with Crippen LogP contribution in [0.3, 0.4) is 0 Å². The van der Waals surface area contributed by atoms with E-state index >= 15 is 0 Å². The van der Waals surface area contributed by atoms with Crippen molar-refractivity contribution in [3.63, 3.8) is 0 Å². The van der Waals surface area contributed by atoms with E-state index < -0.39 is 0 Å². The number of rotatable bonds is 2. The number of ether oxygens (including phenoxy) is 1. The fourth-order valence-electron chi connectivity index (χ4n) is 2.14. The van der Waals surface area contributed by atoms with Crippen LogP contribution in [-0.2, 0) is 0 Å². The van der Waals surface area contributed by atoms with E-state index in [-0.39, 0.29) is 0 Å². The molecule has 2 N–H and O–H groups in total. The number of hydrogen-bond donors (Lipinski definition) is 1. The maximum absolute atomic E-state index is 5.96. The van der Waals surface area contributed by atoms with Gasteiger partial charge in [-0.3, -0.25) is 0 Å². The number of nitrogen functional groups attached to an aromatic ring is 1. The molecule has 3 rings (SSSR count). The highest BCUT2D eigenvalue weighted by Crippen LogP contribution is 2.37. The van der Waals surface area contributed by atoms with Gasteiger partial charge in [0.25, 0.3) is 0 Å². The summed E-state index contributed by atoms with van der Waals surface area (Å²) >= 11 is 3.62. The Balaban J connectivity index is 2.07. The summed E-state index contributed by atoms with van der Waals surface area (Å²) in [5.74, 6) is 1.45. The fourth-order valence-corrected chi connectivity index (χ4v) is 2.72. The van der Waals surface area contributed by atoms with Crippen LogP contribution < -0.4 is 10.5 Å². The van der Waals surface area contributed by atoms with Crippen molar-refractivity contribution in [1.82, 2.24) is 0 Å². The third-order valence-electron chi connectivity index (χ3n) is 3.22. The molecular weight excluding hydrogens is 314 g/mol. The smallest absolute Gasteiger partial charge is 0.150 e. The van der Waals surface area contributed by atoms with E-state index in [4.69, 9.17) is 10.5 Å². The summed E-state index contributed by atoms with van der Waals surface area (Å²) in [5.41, 5.74) is 7.71. The molecular formula is C17H14BrNO. The molecule has 3 aromatic rings. The maximum atomic E-state index is 5.96. The molecule has 20 heavy (non-hydrogen) atoms. The van der Waals surface area contributed by atoms with Crippen LogP contribution in [0.1, 0.15) is 5.56 Å². The van der Waals surface area contributed by atoms with E-state index in [0.29, 0.717) is 11.4 Å². The van der Waals surface area contributed by atoms with Gasteiger partial charge in [0.15, 0.2) is 5.75 Å². The minimum absolute atomic E-state index is 0.635. The molecule has 0 bridgehead atoms. The first-order valence-corrected chi connectivity index (χ1v) is 7.15. The van der Waals surface area contributed by atoms with Crippen LogP contribution in [0.4, 0.5) is 5.69 Å². The van der Waals surface area contributed by atoms with Gasteiger partial charge in [-0.05, 0) is 57.4 Å². The van der Waals surface area contributed by atoms with Gasteiger partial charge in [0.1, 0.15) is 5.75 Å². The van der Waals surface area contributed by atoms with E-state index in [0.717, 1.165) is 21.2 Å². The van der Waals surface area contributed by atoms with Gasteiger partial charge in [-0.25, -0.2) is 0 Å². The molecule has 0 unspecified atom stereocenters. The van der Waals surface area contributed by atoms with Gasteiger partial charge in [-0.2, -0.15) is 0 Å². The highest BCUT2D eigenvalue weighted by molar-refractivity contribution is 9.10. The Morgan fingerprint density at radius 1 is 0.950 bits per heavy atom. The van der Waals surface area contributed by atoms with Crippen LogP contribution in [0, 0.1) is 6.92 Å². The lowest BCUT2D eigenvalue weighted by Crippen LogP contribution is -1.93. The van der Waals surface area contributed by atoms with Crippen LogP contribution in [0.15, 0.2) is 59.1 Å². The van der Waals surface area contributed by atoms with Crippen LogP contribution in [0.5, 0.6) is 11.5 Å². The van der Waals surface area contributed by atoms with Gasteiger partial charge < -0.3 is 10.5 Å². The van der Waals surface area contributed by atoms with Crippen LogP contribution in [0.2, 0.25) is 0 Å². The zero-order valence-corrected chi connectivity index (χ0v) is 12.6. The van der Waals surface area contributed by atoms with Crippen molar-refractivity contribution in [1.29, 1.82) is 0 Å². The summed E-state index contributed by atoms with van der Waals surface area (Å²) in [6, 6.07) is 17.9. The van der Waals surface area contributed by atoms with Gasteiger partial charge in [0, 0.05) is 0 Å². The highest BCUT2D eigenvalue weighted by Gasteiger charge is 2.09. The highest BCUT2D eigenvalue weighted by atomic mass is 79.9. The van der Waals surface area contributed by atoms with Crippen molar-refractivity contribution >= 4 is 32.4 Å². The number of fused-ring (bicyclic) bond motifs is 1. The summed E-state index contributed by atoms with van der Waals surface area (Å²) < 4.78 is 6.90. The third-order valence-corrected chi connectivity index (χ3v) is 4.03. The molecule has 0 spiro atoms. The summed E-state index contributed by atoms with van der Waals surface area (Å²) in [4.78, 5) is 0. The van der Waals surface area contributed by atoms with Gasteiger partial charge in [-0.1, -0.05) is 36.4 Å². The Kier molecular flexibility index (Phi) is 3.36. The number of hydrogen-bond acceptors (Lipinski definition) is 2. The molecule has 2 nitrogen and oxygen atoms in total. The normalized spacial score (nSPS) is 10.7. The first kappa shape index (κ1) is 13.0. The Morgan fingerprint density at radius 3 is 2.60 bits per heavy atom. The molecule has 0 saturated heterocycles. The summed E-state index contributed by atoms with van der Waals surface area (Å²) in [5, 5.41) is 2.29. The monoisotopic (exact) mass is 327 g/mol. The Morgan fingerprint density at radius 2 is 1.75 bits per heavy atom. The maximum Gasteiger partial charge on any atom is 0.150 e. The minimum atomic E-state index is 0.635. The van der Waals surface area contributed by atoms with Crippen LogP contribution in [-0.4, -0.2) is 0 Å². The van der Waals surface area contributed by atoms with Crippen molar-refractivity contribution in [3.8, 4) is 11.5 Å². The molecule has 100 valence electrons. The zero-order chi connectivity index (χ0) is 14.1. The Bertz CT molecular complexity index is 783. The Labute approximate surface area is 126 Å². The SMILES string of the molecule is Cc1ccc(N)c(Oc2ccc3ccccc3c2Br)c1.